The molecule has 9 heteroatoms. The van der Waals surface area contributed by atoms with E-state index in [1.807, 2.05) is 4.57 Å². The number of rotatable bonds is 9. The van der Waals surface area contributed by atoms with Crippen LogP contribution in [-0.4, -0.2) is 38.8 Å². The fourth-order valence-electron chi connectivity index (χ4n) is 2.12. The third-order valence-electron chi connectivity index (χ3n) is 3.48. The summed E-state index contributed by atoms with van der Waals surface area (Å²) in [6.07, 6.45) is 5.64. The van der Waals surface area contributed by atoms with Crippen LogP contribution in [0.1, 0.15) is 50.2 Å². The van der Waals surface area contributed by atoms with Crippen molar-refractivity contribution < 1.29 is 0 Å². The van der Waals surface area contributed by atoms with Crippen molar-refractivity contribution in [2.24, 2.45) is 4.99 Å². The largest absolute Gasteiger partial charge is 0.357 e. The fourth-order valence-corrected chi connectivity index (χ4v) is 2.99. The molecule has 0 spiro atoms. The van der Waals surface area contributed by atoms with Gasteiger partial charge in [0.05, 0.1) is 12.2 Å². The first-order chi connectivity index (χ1) is 11.7. The summed E-state index contributed by atoms with van der Waals surface area (Å²) in [6.45, 7) is 9.70. The standard InChI is InChI=1S/C16H27N7S.HI/c1-4-17-16(18-7-5-6-8-23-11-20-21-12-23)19-9-15-22-14(10-24-15)13(2)3;/h10-13H,4-9H2,1-3H3,(H2,17,18,19);1H. The number of nitrogens with zero attached hydrogens (tertiary/aromatic N) is 5. The molecule has 0 aliphatic carbocycles. The summed E-state index contributed by atoms with van der Waals surface area (Å²) in [5.41, 5.74) is 1.15. The number of nitrogens with one attached hydrogen (secondary N) is 2. The number of guanidine groups is 1. The lowest BCUT2D eigenvalue weighted by Gasteiger charge is -2.10. The van der Waals surface area contributed by atoms with Crippen LogP contribution >= 0.6 is 35.3 Å². The smallest absolute Gasteiger partial charge is 0.191 e. The predicted molar refractivity (Wildman–Crippen MR) is 114 cm³/mol. The quantitative estimate of drug-likeness (QED) is 0.251. The molecule has 0 radical (unpaired) electrons. The molecule has 0 aromatic carbocycles. The molecule has 0 fully saturated rings. The van der Waals surface area contributed by atoms with Crippen LogP contribution in [0.3, 0.4) is 0 Å². The van der Waals surface area contributed by atoms with Gasteiger partial charge >= 0.3 is 0 Å². The normalized spacial score (nSPS) is 11.4. The Labute approximate surface area is 170 Å². The van der Waals surface area contributed by atoms with E-state index >= 15 is 0 Å². The van der Waals surface area contributed by atoms with Crippen LogP contribution in [0.25, 0.3) is 0 Å². The van der Waals surface area contributed by atoms with Gasteiger partial charge in [0, 0.05) is 25.0 Å². The molecule has 0 aliphatic heterocycles. The molecule has 2 heterocycles. The second-order valence-electron chi connectivity index (χ2n) is 5.85. The van der Waals surface area contributed by atoms with Gasteiger partial charge in [-0.1, -0.05) is 13.8 Å². The lowest BCUT2D eigenvalue weighted by Crippen LogP contribution is -2.37. The first kappa shape index (κ1) is 21.8. The number of unbranched alkanes of at least 4 members (excludes halogenated alkanes) is 1. The number of thiazole rings is 1. The first-order valence-electron chi connectivity index (χ1n) is 8.48. The second-order valence-corrected chi connectivity index (χ2v) is 6.79. The lowest BCUT2D eigenvalue weighted by atomic mass is 10.2. The molecule has 2 aromatic heterocycles. The minimum absolute atomic E-state index is 0. The average molecular weight is 477 g/mol. The van der Waals surface area contributed by atoms with Gasteiger partial charge in [-0.2, -0.15) is 0 Å². The molecule has 2 rings (SSSR count). The third-order valence-corrected chi connectivity index (χ3v) is 4.33. The highest BCUT2D eigenvalue weighted by atomic mass is 127. The van der Waals surface area contributed by atoms with Crippen molar-refractivity contribution in [2.45, 2.75) is 52.6 Å². The van der Waals surface area contributed by atoms with Crippen LogP contribution < -0.4 is 10.6 Å². The van der Waals surface area contributed by atoms with Gasteiger partial charge in [0.2, 0.25) is 0 Å². The van der Waals surface area contributed by atoms with Crippen molar-refractivity contribution in [3.8, 4) is 0 Å². The number of hydrogen-bond donors (Lipinski definition) is 2. The van der Waals surface area contributed by atoms with E-state index in [1.54, 1.807) is 24.0 Å². The van der Waals surface area contributed by atoms with E-state index in [9.17, 15) is 0 Å². The number of hydrogen-bond acceptors (Lipinski definition) is 5. The maximum absolute atomic E-state index is 4.62. The molecule has 7 nitrogen and oxygen atoms in total. The van der Waals surface area contributed by atoms with Gasteiger partial charge in [-0.3, -0.25) is 0 Å². The predicted octanol–water partition coefficient (Wildman–Crippen LogP) is 3.01. The molecule has 0 saturated heterocycles. The van der Waals surface area contributed by atoms with E-state index in [-0.39, 0.29) is 24.0 Å². The third kappa shape index (κ3) is 8.13. The first-order valence-corrected chi connectivity index (χ1v) is 9.36. The van der Waals surface area contributed by atoms with E-state index in [4.69, 9.17) is 0 Å². The Bertz CT molecular complexity index is 610. The SMILES string of the molecule is CCNC(=NCc1nc(C(C)C)cs1)NCCCCn1cnnc1.I. The van der Waals surface area contributed by atoms with Gasteiger partial charge in [-0.05, 0) is 25.7 Å². The zero-order valence-electron chi connectivity index (χ0n) is 15.1. The molecule has 0 amide bonds. The van der Waals surface area contributed by atoms with Crippen LogP contribution in [0, 0.1) is 0 Å². The lowest BCUT2D eigenvalue weighted by molar-refractivity contribution is 0.597. The van der Waals surface area contributed by atoms with Gasteiger partial charge in [0.15, 0.2) is 5.96 Å². The van der Waals surface area contributed by atoms with Crippen LogP contribution in [0.5, 0.6) is 0 Å². The number of aliphatic imine (C=N–C) groups is 1. The van der Waals surface area contributed by atoms with Gasteiger partial charge in [-0.15, -0.1) is 45.5 Å². The van der Waals surface area contributed by atoms with Gasteiger partial charge in [0.1, 0.15) is 17.7 Å². The van der Waals surface area contributed by atoms with Gasteiger partial charge in [0.25, 0.3) is 0 Å². The zero-order chi connectivity index (χ0) is 17.2. The number of aryl methyl sites for hydroxylation is 1. The topological polar surface area (TPSA) is 80.0 Å². The molecule has 2 N–H and O–H groups in total. The monoisotopic (exact) mass is 477 g/mol. The summed E-state index contributed by atoms with van der Waals surface area (Å²) in [5.74, 6) is 1.32. The Morgan fingerprint density at radius 2 is 2.00 bits per heavy atom. The van der Waals surface area contributed by atoms with Gasteiger partial charge in [-0.25, -0.2) is 9.98 Å². The highest BCUT2D eigenvalue weighted by molar-refractivity contribution is 14.0. The Hall–Kier alpha value is -1.23. The van der Waals surface area contributed by atoms with Crippen molar-refractivity contribution in [1.29, 1.82) is 0 Å². The minimum atomic E-state index is 0. The highest BCUT2D eigenvalue weighted by Crippen LogP contribution is 2.18. The minimum Gasteiger partial charge on any atom is -0.357 e. The van der Waals surface area contributed by atoms with Gasteiger partial charge < -0.3 is 15.2 Å². The summed E-state index contributed by atoms with van der Waals surface area (Å²) < 4.78 is 1.99. The Balaban J connectivity index is 0.00000312. The molecule has 0 unspecified atom stereocenters. The summed E-state index contributed by atoms with van der Waals surface area (Å²) in [4.78, 5) is 9.24. The Kier molecular flexibility index (Phi) is 10.6. The molecule has 0 bridgehead atoms. The number of halogens is 1. The summed E-state index contributed by atoms with van der Waals surface area (Å²) in [5, 5.41) is 17.4. The highest BCUT2D eigenvalue weighted by Gasteiger charge is 2.05. The van der Waals surface area contributed by atoms with Crippen LogP contribution in [0.15, 0.2) is 23.0 Å². The molecule has 0 atom stereocenters. The zero-order valence-corrected chi connectivity index (χ0v) is 18.3. The van der Waals surface area contributed by atoms with Crippen LogP contribution in [0.4, 0.5) is 0 Å². The maximum atomic E-state index is 4.62. The molecular weight excluding hydrogens is 449 g/mol. The molecule has 140 valence electrons. The van der Waals surface area contributed by atoms with Crippen molar-refractivity contribution in [3.63, 3.8) is 0 Å². The van der Waals surface area contributed by atoms with E-state index in [0.717, 1.165) is 49.1 Å². The van der Waals surface area contributed by atoms with Crippen molar-refractivity contribution in [2.75, 3.05) is 13.1 Å². The van der Waals surface area contributed by atoms with Crippen molar-refractivity contribution in [3.05, 3.63) is 28.7 Å². The summed E-state index contributed by atoms with van der Waals surface area (Å²) in [7, 11) is 0. The summed E-state index contributed by atoms with van der Waals surface area (Å²) in [6, 6.07) is 0. The van der Waals surface area contributed by atoms with Crippen LogP contribution in [-0.2, 0) is 13.1 Å². The summed E-state index contributed by atoms with van der Waals surface area (Å²) >= 11 is 1.68. The molecule has 0 aliphatic rings. The van der Waals surface area contributed by atoms with Crippen molar-refractivity contribution in [1.82, 2.24) is 30.4 Å². The van der Waals surface area contributed by atoms with E-state index in [1.165, 1.54) is 0 Å². The van der Waals surface area contributed by atoms with E-state index in [2.05, 4.69) is 57.0 Å². The number of aromatic nitrogens is 4. The fraction of sp³-hybridized carbons (Fsp3) is 0.625. The Morgan fingerprint density at radius 1 is 1.24 bits per heavy atom. The second kappa shape index (κ2) is 12.2. The van der Waals surface area contributed by atoms with Crippen molar-refractivity contribution >= 4 is 41.3 Å². The molecule has 2 aromatic rings. The maximum Gasteiger partial charge on any atom is 0.191 e. The average Bonchev–Trinajstić information content (AvgIpc) is 3.23. The Morgan fingerprint density at radius 3 is 2.64 bits per heavy atom. The van der Waals surface area contributed by atoms with Crippen LogP contribution in [0.2, 0.25) is 0 Å². The van der Waals surface area contributed by atoms with E-state index in [0.29, 0.717) is 12.5 Å². The molecule has 25 heavy (non-hydrogen) atoms. The van der Waals surface area contributed by atoms with E-state index < -0.39 is 0 Å². The molecular formula is C16H28IN7S. The molecule has 0 saturated carbocycles.